The van der Waals surface area contributed by atoms with E-state index in [4.69, 9.17) is 4.74 Å². The van der Waals surface area contributed by atoms with Gasteiger partial charge in [0, 0.05) is 50.8 Å². The number of amides is 2. The molecule has 2 heterocycles. The van der Waals surface area contributed by atoms with E-state index in [-0.39, 0.29) is 11.8 Å². The average molecular weight is 289 g/mol. The second kappa shape index (κ2) is 6.13. The van der Waals surface area contributed by atoms with Gasteiger partial charge in [-0.25, -0.2) is 0 Å². The van der Waals surface area contributed by atoms with Crippen LogP contribution in [0.25, 0.3) is 0 Å². The molecule has 1 aromatic rings. The number of ether oxygens (including phenoxy) is 1. The fraction of sp³-hybridized carbons (Fsp3) is 0.467. The molecule has 2 aliphatic heterocycles. The molecule has 0 aliphatic carbocycles. The minimum absolute atomic E-state index is 0.227. The number of anilines is 1. The smallest absolute Gasteiger partial charge is 0.267 e. The summed E-state index contributed by atoms with van der Waals surface area (Å²) in [6, 6.07) is 7.77. The molecular formula is C15H19N3O3. The van der Waals surface area contributed by atoms with E-state index in [0.29, 0.717) is 18.6 Å². The maximum Gasteiger partial charge on any atom is 0.267 e. The summed E-state index contributed by atoms with van der Waals surface area (Å²) >= 11 is 0. The van der Waals surface area contributed by atoms with Gasteiger partial charge in [0.05, 0.1) is 0 Å². The van der Waals surface area contributed by atoms with Gasteiger partial charge in [-0.1, -0.05) is 6.07 Å². The minimum Gasteiger partial charge on any atom is -0.481 e. The SMILES string of the molecule is O=C1CCC(Oc2cccc(N3CCNCC3)c2)C(=O)N1. The van der Waals surface area contributed by atoms with Crippen molar-refractivity contribution in [3.8, 4) is 5.75 Å². The number of nitrogens with one attached hydrogen (secondary N) is 2. The van der Waals surface area contributed by atoms with Crippen LogP contribution in [0.3, 0.4) is 0 Å². The van der Waals surface area contributed by atoms with Gasteiger partial charge in [-0.05, 0) is 12.1 Å². The van der Waals surface area contributed by atoms with E-state index < -0.39 is 6.10 Å². The second-order valence-corrected chi connectivity index (χ2v) is 5.29. The van der Waals surface area contributed by atoms with Gasteiger partial charge in [0.15, 0.2) is 6.10 Å². The Hall–Kier alpha value is -2.08. The number of hydrogen-bond acceptors (Lipinski definition) is 5. The number of nitrogens with zero attached hydrogens (tertiary/aromatic N) is 1. The number of imide groups is 1. The first-order valence-corrected chi connectivity index (χ1v) is 7.28. The number of carbonyl (C=O) groups is 2. The molecule has 112 valence electrons. The summed E-state index contributed by atoms with van der Waals surface area (Å²) in [6.45, 7) is 3.86. The van der Waals surface area contributed by atoms with Crippen molar-refractivity contribution in [2.45, 2.75) is 18.9 Å². The van der Waals surface area contributed by atoms with Crippen LogP contribution in [0.2, 0.25) is 0 Å². The summed E-state index contributed by atoms with van der Waals surface area (Å²) < 4.78 is 5.74. The highest BCUT2D eigenvalue weighted by atomic mass is 16.5. The monoisotopic (exact) mass is 289 g/mol. The molecule has 2 fully saturated rings. The number of rotatable bonds is 3. The molecule has 1 aromatic carbocycles. The third kappa shape index (κ3) is 3.33. The molecule has 0 aromatic heterocycles. The fourth-order valence-electron chi connectivity index (χ4n) is 2.63. The lowest BCUT2D eigenvalue weighted by atomic mass is 10.1. The molecule has 2 aliphatic rings. The maximum atomic E-state index is 11.7. The molecule has 6 nitrogen and oxygen atoms in total. The summed E-state index contributed by atoms with van der Waals surface area (Å²) in [7, 11) is 0. The Labute approximate surface area is 123 Å². The zero-order valence-electron chi connectivity index (χ0n) is 11.8. The average Bonchev–Trinajstić information content (AvgIpc) is 2.51. The summed E-state index contributed by atoms with van der Waals surface area (Å²) in [5, 5.41) is 5.62. The number of piperidine rings is 1. The zero-order valence-corrected chi connectivity index (χ0v) is 11.8. The Morgan fingerprint density at radius 2 is 2.00 bits per heavy atom. The molecule has 3 rings (SSSR count). The number of hydrogen-bond donors (Lipinski definition) is 2. The first kappa shape index (κ1) is 13.9. The molecule has 0 bridgehead atoms. The Bertz CT molecular complexity index is 541. The summed E-state index contributed by atoms with van der Waals surface area (Å²) in [5.74, 6) is 0.0915. The van der Waals surface area contributed by atoms with E-state index in [2.05, 4.69) is 15.5 Å². The predicted octanol–water partition coefficient (Wildman–Crippen LogP) is 0.280. The lowest BCUT2D eigenvalue weighted by molar-refractivity contribution is -0.138. The van der Waals surface area contributed by atoms with E-state index in [1.54, 1.807) is 0 Å². The Morgan fingerprint density at radius 1 is 1.19 bits per heavy atom. The highest BCUT2D eigenvalue weighted by molar-refractivity contribution is 5.99. The van der Waals surface area contributed by atoms with Crippen LogP contribution in [0, 0.1) is 0 Å². The molecule has 21 heavy (non-hydrogen) atoms. The quantitative estimate of drug-likeness (QED) is 0.782. The Balaban J connectivity index is 1.68. The maximum absolute atomic E-state index is 11.7. The van der Waals surface area contributed by atoms with Crippen LogP contribution >= 0.6 is 0 Å². The molecule has 2 amide bonds. The van der Waals surface area contributed by atoms with Crippen molar-refractivity contribution in [2.24, 2.45) is 0 Å². The third-order valence-corrected chi connectivity index (χ3v) is 3.77. The highest BCUT2D eigenvalue weighted by Crippen LogP contribution is 2.23. The lowest BCUT2D eigenvalue weighted by Gasteiger charge is -2.30. The molecule has 0 radical (unpaired) electrons. The van der Waals surface area contributed by atoms with Crippen LogP contribution < -0.4 is 20.3 Å². The van der Waals surface area contributed by atoms with Gasteiger partial charge in [-0.15, -0.1) is 0 Å². The van der Waals surface area contributed by atoms with Crippen molar-refractivity contribution in [1.82, 2.24) is 10.6 Å². The van der Waals surface area contributed by atoms with Crippen LogP contribution in [0.1, 0.15) is 12.8 Å². The molecular weight excluding hydrogens is 270 g/mol. The fourth-order valence-corrected chi connectivity index (χ4v) is 2.63. The van der Waals surface area contributed by atoms with Crippen molar-refractivity contribution < 1.29 is 14.3 Å². The van der Waals surface area contributed by atoms with Crippen LogP contribution in [-0.4, -0.2) is 44.1 Å². The first-order valence-electron chi connectivity index (χ1n) is 7.28. The van der Waals surface area contributed by atoms with Crippen molar-refractivity contribution >= 4 is 17.5 Å². The van der Waals surface area contributed by atoms with Crippen LogP contribution in [-0.2, 0) is 9.59 Å². The van der Waals surface area contributed by atoms with Crippen molar-refractivity contribution in [2.75, 3.05) is 31.1 Å². The van der Waals surface area contributed by atoms with Gasteiger partial charge in [-0.3, -0.25) is 14.9 Å². The second-order valence-electron chi connectivity index (χ2n) is 5.29. The van der Waals surface area contributed by atoms with E-state index in [0.717, 1.165) is 31.9 Å². The molecule has 0 saturated carbocycles. The largest absolute Gasteiger partial charge is 0.481 e. The molecule has 2 N–H and O–H groups in total. The van der Waals surface area contributed by atoms with E-state index in [9.17, 15) is 9.59 Å². The van der Waals surface area contributed by atoms with Crippen LogP contribution in [0.15, 0.2) is 24.3 Å². The standard InChI is InChI=1S/C15H19N3O3/c19-14-5-4-13(15(20)17-14)21-12-3-1-2-11(10-12)18-8-6-16-7-9-18/h1-3,10,13,16H,4-9H2,(H,17,19,20). The van der Waals surface area contributed by atoms with Gasteiger partial charge in [0.2, 0.25) is 5.91 Å². The van der Waals surface area contributed by atoms with Gasteiger partial charge in [0.25, 0.3) is 5.91 Å². The van der Waals surface area contributed by atoms with E-state index in [1.165, 1.54) is 0 Å². The first-order chi connectivity index (χ1) is 10.2. The summed E-state index contributed by atoms with van der Waals surface area (Å²) in [5.41, 5.74) is 1.10. The third-order valence-electron chi connectivity index (χ3n) is 3.77. The molecule has 1 unspecified atom stereocenters. The molecule has 0 spiro atoms. The van der Waals surface area contributed by atoms with Crippen molar-refractivity contribution in [1.29, 1.82) is 0 Å². The zero-order chi connectivity index (χ0) is 14.7. The predicted molar refractivity (Wildman–Crippen MR) is 78.3 cm³/mol. The molecule has 2 saturated heterocycles. The van der Waals surface area contributed by atoms with E-state index in [1.807, 2.05) is 24.3 Å². The Morgan fingerprint density at radius 3 is 2.76 bits per heavy atom. The number of piperazine rings is 1. The van der Waals surface area contributed by atoms with E-state index >= 15 is 0 Å². The summed E-state index contributed by atoms with van der Waals surface area (Å²) in [6.07, 6.45) is 0.178. The summed E-state index contributed by atoms with van der Waals surface area (Å²) in [4.78, 5) is 25.1. The topological polar surface area (TPSA) is 70.7 Å². The van der Waals surface area contributed by atoms with Gasteiger partial charge in [-0.2, -0.15) is 0 Å². The van der Waals surface area contributed by atoms with Gasteiger partial charge < -0.3 is 15.0 Å². The van der Waals surface area contributed by atoms with Crippen molar-refractivity contribution in [3.63, 3.8) is 0 Å². The van der Waals surface area contributed by atoms with Crippen LogP contribution in [0.5, 0.6) is 5.75 Å². The lowest BCUT2D eigenvalue weighted by Crippen LogP contribution is -2.46. The van der Waals surface area contributed by atoms with Gasteiger partial charge in [0.1, 0.15) is 5.75 Å². The Kier molecular flexibility index (Phi) is 4.06. The van der Waals surface area contributed by atoms with Crippen molar-refractivity contribution in [3.05, 3.63) is 24.3 Å². The molecule has 1 atom stereocenters. The number of carbonyl (C=O) groups excluding carboxylic acids is 2. The number of benzene rings is 1. The van der Waals surface area contributed by atoms with Gasteiger partial charge >= 0.3 is 0 Å². The minimum atomic E-state index is -0.582. The normalized spacial score (nSPS) is 22.9. The highest BCUT2D eigenvalue weighted by Gasteiger charge is 2.28. The molecule has 6 heteroatoms. The van der Waals surface area contributed by atoms with Crippen LogP contribution in [0.4, 0.5) is 5.69 Å².